The van der Waals surface area contributed by atoms with Gasteiger partial charge in [-0.2, -0.15) is 0 Å². The standard InChI is InChI=1S/C10H10O2/c1-2-6-10-8-4-3-7(12-8)9(10)5(1)11-6/h1-10H/t5-,6+,7+,8-,9?,10?. The van der Waals surface area contributed by atoms with Crippen LogP contribution in [0, 0.1) is 11.8 Å². The Balaban J connectivity index is 1.86. The Bertz CT molecular complexity index is 240. The van der Waals surface area contributed by atoms with E-state index in [-0.39, 0.29) is 0 Å². The highest BCUT2D eigenvalue weighted by molar-refractivity contribution is 5.27. The fraction of sp³-hybridized carbons (Fsp3) is 0.600. The quantitative estimate of drug-likeness (QED) is 0.492. The fourth-order valence-electron chi connectivity index (χ4n) is 3.11. The first-order chi connectivity index (χ1) is 5.93. The van der Waals surface area contributed by atoms with Gasteiger partial charge in [-0.05, 0) is 0 Å². The van der Waals surface area contributed by atoms with E-state index in [0.717, 1.165) is 0 Å². The molecule has 2 fully saturated rings. The van der Waals surface area contributed by atoms with Crippen LogP contribution >= 0.6 is 0 Å². The molecule has 2 nitrogen and oxygen atoms in total. The molecule has 4 heterocycles. The summed E-state index contributed by atoms with van der Waals surface area (Å²) in [5, 5.41) is 0. The van der Waals surface area contributed by atoms with Crippen molar-refractivity contribution in [2.24, 2.45) is 11.8 Å². The van der Waals surface area contributed by atoms with E-state index in [9.17, 15) is 0 Å². The minimum absolute atomic E-state index is 0.347. The maximum atomic E-state index is 5.79. The summed E-state index contributed by atoms with van der Waals surface area (Å²) in [7, 11) is 0. The predicted molar refractivity (Wildman–Crippen MR) is 42.6 cm³/mol. The van der Waals surface area contributed by atoms with Gasteiger partial charge in [0.1, 0.15) is 0 Å². The molecule has 2 unspecified atom stereocenters. The molecule has 0 radical (unpaired) electrons. The summed E-state index contributed by atoms with van der Waals surface area (Å²) in [6.45, 7) is 0. The van der Waals surface area contributed by atoms with Crippen LogP contribution in [0.2, 0.25) is 0 Å². The predicted octanol–water partition coefficient (Wildman–Crippen LogP) is 0.893. The molecule has 2 heteroatoms. The normalized spacial score (nSPS) is 63.3. The molecule has 0 aliphatic carbocycles. The molecule has 4 aliphatic heterocycles. The number of fused-ring (bicyclic) bond motifs is 9. The minimum atomic E-state index is 0.347. The van der Waals surface area contributed by atoms with Gasteiger partial charge in [0.15, 0.2) is 0 Å². The molecule has 0 spiro atoms. The van der Waals surface area contributed by atoms with E-state index in [1.165, 1.54) is 0 Å². The summed E-state index contributed by atoms with van der Waals surface area (Å²) < 4.78 is 11.6. The number of hydrogen-bond donors (Lipinski definition) is 0. The Kier molecular flexibility index (Phi) is 0.832. The van der Waals surface area contributed by atoms with Crippen LogP contribution in [-0.4, -0.2) is 24.4 Å². The molecule has 0 aromatic heterocycles. The summed E-state index contributed by atoms with van der Waals surface area (Å²) in [4.78, 5) is 0. The zero-order chi connectivity index (χ0) is 7.71. The van der Waals surface area contributed by atoms with Gasteiger partial charge in [-0.15, -0.1) is 0 Å². The Morgan fingerprint density at radius 2 is 0.917 bits per heavy atom. The maximum Gasteiger partial charge on any atom is 0.0825 e. The van der Waals surface area contributed by atoms with Crippen molar-refractivity contribution < 1.29 is 9.47 Å². The summed E-state index contributed by atoms with van der Waals surface area (Å²) in [6.07, 6.45) is 10.2. The molecule has 0 saturated carbocycles. The third-order valence-corrected chi connectivity index (χ3v) is 3.57. The van der Waals surface area contributed by atoms with Crippen molar-refractivity contribution in [2.75, 3.05) is 0 Å². The molecule has 2 saturated heterocycles. The SMILES string of the molecule is C1=C[C@H]2O[C@@H]1C1C2[C@@H]2C=C[C@H]1O2. The van der Waals surface area contributed by atoms with E-state index in [1.54, 1.807) is 0 Å². The Labute approximate surface area is 70.8 Å². The topological polar surface area (TPSA) is 18.5 Å². The van der Waals surface area contributed by atoms with Crippen molar-refractivity contribution in [2.45, 2.75) is 24.4 Å². The van der Waals surface area contributed by atoms with Gasteiger partial charge in [0, 0.05) is 11.8 Å². The van der Waals surface area contributed by atoms with Crippen molar-refractivity contribution >= 4 is 0 Å². The van der Waals surface area contributed by atoms with Crippen LogP contribution in [0.3, 0.4) is 0 Å². The van der Waals surface area contributed by atoms with Gasteiger partial charge in [0.2, 0.25) is 0 Å². The van der Waals surface area contributed by atoms with Crippen molar-refractivity contribution in [1.29, 1.82) is 0 Å². The molecule has 4 rings (SSSR count). The average molecular weight is 162 g/mol. The second-order valence-electron chi connectivity index (χ2n) is 4.06. The molecule has 0 aromatic rings. The fourth-order valence-corrected chi connectivity index (χ4v) is 3.11. The molecule has 12 heavy (non-hydrogen) atoms. The first-order valence-electron chi connectivity index (χ1n) is 4.61. The maximum absolute atomic E-state index is 5.79. The van der Waals surface area contributed by atoms with Gasteiger partial charge in [0.25, 0.3) is 0 Å². The molecule has 6 atom stereocenters. The molecular weight excluding hydrogens is 152 g/mol. The summed E-state index contributed by atoms with van der Waals surface area (Å²) >= 11 is 0. The van der Waals surface area contributed by atoms with Gasteiger partial charge in [-0.3, -0.25) is 0 Å². The molecular formula is C10H10O2. The average Bonchev–Trinajstić information content (AvgIpc) is 2.83. The first kappa shape index (κ1) is 5.95. The van der Waals surface area contributed by atoms with Crippen LogP contribution < -0.4 is 0 Å². The van der Waals surface area contributed by atoms with E-state index in [1.807, 2.05) is 0 Å². The highest BCUT2D eigenvalue weighted by atomic mass is 16.5. The van der Waals surface area contributed by atoms with E-state index in [2.05, 4.69) is 24.3 Å². The van der Waals surface area contributed by atoms with Crippen LogP contribution in [-0.2, 0) is 9.47 Å². The molecule has 4 bridgehead atoms. The Hall–Kier alpha value is -0.600. The highest BCUT2D eigenvalue weighted by Crippen LogP contribution is 2.51. The van der Waals surface area contributed by atoms with Crippen molar-refractivity contribution in [3.05, 3.63) is 24.3 Å². The van der Waals surface area contributed by atoms with Gasteiger partial charge in [-0.1, -0.05) is 24.3 Å². The monoisotopic (exact) mass is 162 g/mol. The van der Waals surface area contributed by atoms with Crippen LogP contribution in [0.25, 0.3) is 0 Å². The van der Waals surface area contributed by atoms with E-state index in [0.29, 0.717) is 36.3 Å². The summed E-state index contributed by atoms with van der Waals surface area (Å²) in [6, 6.07) is 0. The Morgan fingerprint density at radius 3 is 1.25 bits per heavy atom. The van der Waals surface area contributed by atoms with Crippen LogP contribution in [0.4, 0.5) is 0 Å². The smallest absolute Gasteiger partial charge is 0.0825 e. The number of ether oxygens (including phenoxy) is 2. The first-order valence-corrected chi connectivity index (χ1v) is 4.61. The largest absolute Gasteiger partial charge is 0.366 e. The lowest BCUT2D eigenvalue weighted by molar-refractivity contribution is 0.0240. The van der Waals surface area contributed by atoms with Crippen molar-refractivity contribution in [3.63, 3.8) is 0 Å². The van der Waals surface area contributed by atoms with Gasteiger partial charge < -0.3 is 9.47 Å². The van der Waals surface area contributed by atoms with E-state index >= 15 is 0 Å². The second kappa shape index (κ2) is 1.68. The summed E-state index contributed by atoms with van der Waals surface area (Å²) in [5.41, 5.74) is 0. The van der Waals surface area contributed by atoms with Crippen LogP contribution in [0.5, 0.6) is 0 Å². The Morgan fingerprint density at radius 1 is 0.583 bits per heavy atom. The van der Waals surface area contributed by atoms with Crippen LogP contribution in [0.15, 0.2) is 24.3 Å². The zero-order valence-corrected chi connectivity index (χ0v) is 6.59. The third kappa shape index (κ3) is 0.474. The molecule has 4 aliphatic rings. The molecule has 62 valence electrons. The lowest BCUT2D eigenvalue weighted by atomic mass is 9.76. The van der Waals surface area contributed by atoms with Crippen molar-refractivity contribution in [1.82, 2.24) is 0 Å². The lowest BCUT2D eigenvalue weighted by Crippen LogP contribution is -2.30. The lowest BCUT2D eigenvalue weighted by Gasteiger charge is -2.21. The van der Waals surface area contributed by atoms with Gasteiger partial charge in [0.05, 0.1) is 24.4 Å². The van der Waals surface area contributed by atoms with Gasteiger partial charge >= 0.3 is 0 Å². The van der Waals surface area contributed by atoms with E-state index in [4.69, 9.17) is 9.47 Å². The number of hydrogen-bond acceptors (Lipinski definition) is 2. The van der Waals surface area contributed by atoms with Crippen molar-refractivity contribution in [3.8, 4) is 0 Å². The summed E-state index contributed by atoms with van der Waals surface area (Å²) in [5.74, 6) is 1.24. The molecule has 0 aromatic carbocycles. The number of rotatable bonds is 0. The molecule has 0 amide bonds. The molecule has 0 N–H and O–H groups in total. The minimum Gasteiger partial charge on any atom is -0.366 e. The second-order valence-corrected chi connectivity index (χ2v) is 4.06. The van der Waals surface area contributed by atoms with Crippen LogP contribution in [0.1, 0.15) is 0 Å². The third-order valence-electron chi connectivity index (χ3n) is 3.57. The zero-order valence-electron chi connectivity index (χ0n) is 6.59. The van der Waals surface area contributed by atoms with E-state index < -0.39 is 0 Å². The highest BCUT2D eigenvalue weighted by Gasteiger charge is 2.58. The van der Waals surface area contributed by atoms with Gasteiger partial charge in [-0.25, -0.2) is 0 Å².